The lowest BCUT2D eigenvalue weighted by atomic mass is 10.1. The number of amides is 1. The maximum absolute atomic E-state index is 13.8. The van der Waals surface area contributed by atoms with E-state index in [0.29, 0.717) is 5.56 Å². The minimum absolute atomic E-state index is 0.115. The molecule has 0 aliphatic rings. The quantitative estimate of drug-likeness (QED) is 0.911. The number of carbonyl (C=O) groups is 1. The third kappa shape index (κ3) is 4.15. The first kappa shape index (κ1) is 16.2. The van der Waals surface area contributed by atoms with E-state index in [1.165, 1.54) is 6.07 Å². The van der Waals surface area contributed by atoms with Crippen molar-refractivity contribution >= 4 is 11.6 Å². The summed E-state index contributed by atoms with van der Waals surface area (Å²) in [6.07, 6.45) is 0. The molecular weight excluding hydrogens is 279 g/mol. The normalized spacial score (nSPS) is 12.2. The van der Waals surface area contributed by atoms with Crippen LogP contribution in [0, 0.1) is 12.7 Å². The lowest BCUT2D eigenvalue weighted by Crippen LogP contribution is -2.32. The molecule has 0 radical (unpaired) electrons. The topological polar surface area (TPSA) is 32.3 Å². The number of halogens is 1. The Kier molecular flexibility index (Phi) is 5.28. The molecule has 0 spiro atoms. The number of hydrogen-bond donors (Lipinski definition) is 1. The molecule has 0 bridgehead atoms. The standard InChI is InChI=1S/C18H21FN2O/c1-13-7-6-8-15(11-13)20-18(22)12-21(3)14(2)16-9-4-5-10-17(16)19/h4-11,14H,12H2,1-3H3,(H,20,22). The Hall–Kier alpha value is -2.20. The van der Waals surface area contributed by atoms with E-state index in [2.05, 4.69) is 5.32 Å². The summed E-state index contributed by atoms with van der Waals surface area (Å²) in [6, 6.07) is 14.1. The summed E-state index contributed by atoms with van der Waals surface area (Å²) in [5, 5.41) is 2.86. The highest BCUT2D eigenvalue weighted by molar-refractivity contribution is 5.92. The van der Waals surface area contributed by atoms with Crippen LogP contribution in [0.3, 0.4) is 0 Å². The van der Waals surface area contributed by atoms with Gasteiger partial charge in [0.05, 0.1) is 6.54 Å². The van der Waals surface area contributed by atoms with Gasteiger partial charge in [0.2, 0.25) is 5.91 Å². The van der Waals surface area contributed by atoms with Gasteiger partial charge in [-0.1, -0.05) is 30.3 Å². The van der Waals surface area contributed by atoms with Gasteiger partial charge in [0.1, 0.15) is 5.82 Å². The molecule has 0 fully saturated rings. The molecule has 22 heavy (non-hydrogen) atoms. The van der Waals surface area contributed by atoms with Crippen LogP contribution in [0.1, 0.15) is 24.1 Å². The maximum Gasteiger partial charge on any atom is 0.238 e. The molecule has 0 aliphatic heterocycles. The lowest BCUT2D eigenvalue weighted by molar-refractivity contribution is -0.117. The molecule has 0 aromatic heterocycles. The fourth-order valence-corrected chi connectivity index (χ4v) is 2.34. The van der Waals surface area contributed by atoms with Gasteiger partial charge >= 0.3 is 0 Å². The molecule has 1 atom stereocenters. The molecule has 2 aromatic carbocycles. The van der Waals surface area contributed by atoms with Gasteiger partial charge in [-0.05, 0) is 44.7 Å². The Morgan fingerprint density at radius 2 is 1.95 bits per heavy atom. The van der Waals surface area contributed by atoms with Crippen molar-refractivity contribution in [3.05, 3.63) is 65.5 Å². The minimum atomic E-state index is -0.249. The molecule has 2 rings (SSSR count). The summed E-state index contributed by atoms with van der Waals surface area (Å²) >= 11 is 0. The van der Waals surface area contributed by atoms with Gasteiger partial charge in [-0.2, -0.15) is 0 Å². The largest absolute Gasteiger partial charge is 0.325 e. The second kappa shape index (κ2) is 7.18. The van der Waals surface area contributed by atoms with Gasteiger partial charge in [0.15, 0.2) is 0 Å². The minimum Gasteiger partial charge on any atom is -0.325 e. The van der Waals surface area contributed by atoms with Gasteiger partial charge < -0.3 is 5.32 Å². The fourth-order valence-electron chi connectivity index (χ4n) is 2.34. The summed E-state index contributed by atoms with van der Waals surface area (Å²) in [4.78, 5) is 13.9. The van der Waals surface area contributed by atoms with Crippen LogP contribution in [-0.2, 0) is 4.79 Å². The molecule has 4 heteroatoms. The van der Waals surface area contributed by atoms with Crippen molar-refractivity contribution in [1.82, 2.24) is 4.90 Å². The van der Waals surface area contributed by atoms with Crippen molar-refractivity contribution < 1.29 is 9.18 Å². The Bertz CT molecular complexity index is 657. The molecule has 1 unspecified atom stereocenters. The molecule has 1 amide bonds. The van der Waals surface area contributed by atoms with Gasteiger partial charge in [-0.3, -0.25) is 9.69 Å². The fraction of sp³-hybridized carbons (Fsp3) is 0.278. The molecule has 116 valence electrons. The van der Waals surface area contributed by atoms with Crippen molar-refractivity contribution in [2.75, 3.05) is 18.9 Å². The molecule has 2 aromatic rings. The smallest absolute Gasteiger partial charge is 0.238 e. The average molecular weight is 300 g/mol. The second-order valence-corrected chi connectivity index (χ2v) is 5.53. The lowest BCUT2D eigenvalue weighted by Gasteiger charge is -2.24. The molecule has 0 aliphatic carbocycles. The van der Waals surface area contributed by atoms with Crippen LogP contribution in [0.2, 0.25) is 0 Å². The highest BCUT2D eigenvalue weighted by atomic mass is 19.1. The Labute approximate surface area is 130 Å². The molecular formula is C18H21FN2O. The maximum atomic E-state index is 13.8. The summed E-state index contributed by atoms with van der Waals surface area (Å²) in [6.45, 7) is 4.06. The van der Waals surface area contributed by atoms with Crippen LogP contribution in [0.15, 0.2) is 48.5 Å². The zero-order chi connectivity index (χ0) is 16.1. The van der Waals surface area contributed by atoms with Crippen molar-refractivity contribution in [2.45, 2.75) is 19.9 Å². The third-order valence-corrected chi connectivity index (χ3v) is 3.71. The Morgan fingerprint density at radius 1 is 1.23 bits per heavy atom. The van der Waals surface area contributed by atoms with Crippen LogP contribution < -0.4 is 5.32 Å². The van der Waals surface area contributed by atoms with Gasteiger partial charge in [0.25, 0.3) is 0 Å². The number of benzene rings is 2. The van der Waals surface area contributed by atoms with Gasteiger partial charge in [-0.25, -0.2) is 4.39 Å². The van der Waals surface area contributed by atoms with Crippen molar-refractivity contribution in [3.8, 4) is 0 Å². The van der Waals surface area contributed by atoms with E-state index in [0.717, 1.165) is 11.3 Å². The van der Waals surface area contributed by atoms with Gasteiger partial charge in [0, 0.05) is 17.3 Å². The number of aryl methyl sites for hydroxylation is 1. The first-order valence-corrected chi connectivity index (χ1v) is 7.28. The summed E-state index contributed by atoms with van der Waals surface area (Å²) in [7, 11) is 1.81. The van der Waals surface area contributed by atoms with Crippen molar-refractivity contribution in [1.29, 1.82) is 0 Å². The zero-order valence-electron chi connectivity index (χ0n) is 13.1. The van der Waals surface area contributed by atoms with E-state index in [1.54, 1.807) is 18.2 Å². The number of likely N-dealkylation sites (N-methyl/N-ethyl adjacent to an activating group) is 1. The van der Waals surface area contributed by atoms with Crippen LogP contribution in [-0.4, -0.2) is 24.4 Å². The number of hydrogen-bond acceptors (Lipinski definition) is 2. The summed E-state index contributed by atoms with van der Waals surface area (Å²) in [5.74, 6) is -0.364. The number of anilines is 1. The highest BCUT2D eigenvalue weighted by Crippen LogP contribution is 2.21. The SMILES string of the molecule is Cc1cccc(NC(=O)CN(C)C(C)c2ccccc2F)c1. The van der Waals surface area contributed by atoms with Gasteiger partial charge in [-0.15, -0.1) is 0 Å². The van der Waals surface area contributed by atoms with E-state index >= 15 is 0 Å². The second-order valence-electron chi connectivity index (χ2n) is 5.53. The van der Waals surface area contributed by atoms with Crippen LogP contribution in [0.5, 0.6) is 0 Å². The monoisotopic (exact) mass is 300 g/mol. The Balaban J connectivity index is 1.98. The first-order chi connectivity index (χ1) is 10.5. The third-order valence-electron chi connectivity index (χ3n) is 3.71. The zero-order valence-corrected chi connectivity index (χ0v) is 13.1. The predicted octanol–water partition coefficient (Wildman–Crippen LogP) is 3.77. The molecule has 0 heterocycles. The molecule has 3 nitrogen and oxygen atoms in total. The van der Waals surface area contributed by atoms with E-state index in [9.17, 15) is 9.18 Å². The van der Waals surface area contributed by atoms with Crippen LogP contribution in [0.4, 0.5) is 10.1 Å². The van der Waals surface area contributed by atoms with Crippen LogP contribution >= 0.6 is 0 Å². The number of rotatable bonds is 5. The number of nitrogens with zero attached hydrogens (tertiary/aromatic N) is 1. The number of nitrogens with one attached hydrogen (secondary N) is 1. The van der Waals surface area contributed by atoms with E-state index in [1.807, 2.05) is 50.1 Å². The van der Waals surface area contributed by atoms with Crippen LogP contribution in [0.25, 0.3) is 0 Å². The number of carbonyl (C=O) groups excluding carboxylic acids is 1. The van der Waals surface area contributed by atoms with E-state index in [-0.39, 0.29) is 24.3 Å². The predicted molar refractivity (Wildman–Crippen MR) is 87.3 cm³/mol. The summed E-state index contributed by atoms with van der Waals surface area (Å²) < 4.78 is 13.8. The highest BCUT2D eigenvalue weighted by Gasteiger charge is 2.17. The molecule has 0 saturated carbocycles. The summed E-state index contributed by atoms with van der Waals surface area (Å²) in [5.41, 5.74) is 2.45. The van der Waals surface area contributed by atoms with E-state index < -0.39 is 0 Å². The Morgan fingerprint density at radius 3 is 2.64 bits per heavy atom. The first-order valence-electron chi connectivity index (χ1n) is 7.28. The van der Waals surface area contributed by atoms with E-state index in [4.69, 9.17) is 0 Å². The van der Waals surface area contributed by atoms with Crippen molar-refractivity contribution in [3.63, 3.8) is 0 Å². The average Bonchev–Trinajstić information content (AvgIpc) is 2.46. The van der Waals surface area contributed by atoms with Crippen molar-refractivity contribution in [2.24, 2.45) is 0 Å². The molecule has 1 N–H and O–H groups in total. The molecule has 0 saturated heterocycles.